The van der Waals surface area contributed by atoms with E-state index in [-0.39, 0.29) is 17.8 Å². The first kappa shape index (κ1) is 12.3. The Morgan fingerprint density at radius 1 is 1.25 bits per heavy atom. The normalized spacial score (nSPS) is 29.7. The lowest BCUT2D eigenvalue weighted by atomic mass is 10.1. The fraction of sp³-hybridized carbons (Fsp3) is 1.00. The topological polar surface area (TPSA) is 69.6 Å². The molecule has 2 aliphatic heterocycles. The molecule has 6 heteroatoms. The van der Waals surface area contributed by atoms with Crippen LogP contribution in [0, 0.1) is 5.92 Å². The Morgan fingerprint density at radius 3 is 2.50 bits per heavy atom. The van der Waals surface area contributed by atoms with E-state index in [2.05, 4.69) is 5.32 Å². The average molecular weight is 248 g/mol. The summed E-state index contributed by atoms with van der Waals surface area (Å²) in [5.74, 6) is 0.136. The molecule has 5 nitrogen and oxygen atoms in total. The molecule has 1 atom stereocenters. The van der Waals surface area contributed by atoms with Gasteiger partial charge in [0.1, 0.15) is 0 Å². The van der Waals surface area contributed by atoms with Crippen molar-refractivity contribution in [2.75, 3.05) is 32.8 Å². The van der Waals surface area contributed by atoms with E-state index in [1.807, 2.05) is 0 Å². The van der Waals surface area contributed by atoms with Crippen molar-refractivity contribution in [1.29, 1.82) is 0 Å². The maximum Gasteiger partial charge on any atom is 0.217 e. The Balaban J connectivity index is 2.01. The van der Waals surface area contributed by atoms with Crippen molar-refractivity contribution in [3.05, 3.63) is 0 Å². The molecule has 2 saturated heterocycles. The van der Waals surface area contributed by atoms with Crippen molar-refractivity contribution < 1.29 is 13.5 Å². The second-order valence-corrected chi connectivity index (χ2v) is 6.90. The zero-order valence-corrected chi connectivity index (χ0v) is 10.2. The van der Waals surface area contributed by atoms with Crippen LogP contribution in [0.5, 0.6) is 0 Å². The number of hydrogen-bond acceptors (Lipinski definition) is 4. The van der Waals surface area contributed by atoms with Crippen LogP contribution in [0.4, 0.5) is 0 Å². The molecule has 0 saturated carbocycles. The largest absolute Gasteiger partial charge is 0.396 e. The third kappa shape index (κ3) is 2.40. The van der Waals surface area contributed by atoms with Crippen LogP contribution >= 0.6 is 0 Å². The van der Waals surface area contributed by atoms with E-state index in [1.54, 1.807) is 4.31 Å². The Kier molecular flexibility index (Phi) is 3.84. The minimum Gasteiger partial charge on any atom is -0.396 e. The van der Waals surface area contributed by atoms with Crippen molar-refractivity contribution in [2.45, 2.75) is 24.5 Å². The molecule has 2 heterocycles. The number of nitrogens with zero attached hydrogens (tertiary/aromatic N) is 1. The second-order valence-electron chi connectivity index (χ2n) is 4.69. The Hall–Kier alpha value is -0.170. The van der Waals surface area contributed by atoms with Crippen LogP contribution in [-0.4, -0.2) is 55.9 Å². The van der Waals surface area contributed by atoms with E-state index >= 15 is 0 Å². The number of nitrogens with one attached hydrogen (secondary N) is 1. The van der Waals surface area contributed by atoms with Crippen LogP contribution in [0.2, 0.25) is 0 Å². The second kappa shape index (κ2) is 5.00. The summed E-state index contributed by atoms with van der Waals surface area (Å²) in [6.07, 6.45) is 2.21. The molecule has 1 unspecified atom stereocenters. The first-order valence-corrected chi connectivity index (χ1v) is 7.45. The zero-order chi connectivity index (χ0) is 11.6. The van der Waals surface area contributed by atoms with Crippen molar-refractivity contribution >= 4 is 10.0 Å². The summed E-state index contributed by atoms with van der Waals surface area (Å²) in [5, 5.41) is 12.0. The SMILES string of the molecule is O=S(=O)(C1CCNCC1)N1CCC(CO)C1. The van der Waals surface area contributed by atoms with Crippen molar-refractivity contribution in [3.63, 3.8) is 0 Å². The van der Waals surface area contributed by atoms with Gasteiger partial charge in [-0.2, -0.15) is 0 Å². The van der Waals surface area contributed by atoms with Gasteiger partial charge in [0.05, 0.1) is 5.25 Å². The summed E-state index contributed by atoms with van der Waals surface area (Å²) < 4.78 is 26.1. The first-order valence-electron chi connectivity index (χ1n) is 5.95. The fourth-order valence-corrected chi connectivity index (χ4v) is 4.51. The molecule has 0 amide bonds. The third-order valence-electron chi connectivity index (χ3n) is 3.57. The summed E-state index contributed by atoms with van der Waals surface area (Å²) in [7, 11) is -3.12. The van der Waals surface area contributed by atoms with E-state index in [1.165, 1.54) is 0 Å². The summed E-state index contributed by atoms with van der Waals surface area (Å²) in [5.41, 5.74) is 0. The molecular weight excluding hydrogens is 228 g/mol. The van der Waals surface area contributed by atoms with Gasteiger partial charge in [0.15, 0.2) is 0 Å². The maximum atomic E-state index is 12.3. The Labute approximate surface area is 96.9 Å². The third-order valence-corrected chi connectivity index (χ3v) is 5.94. The predicted molar refractivity (Wildman–Crippen MR) is 61.6 cm³/mol. The van der Waals surface area contributed by atoms with Crippen LogP contribution in [0.3, 0.4) is 0 Å². The maximum absolute atomic E-state index is 12.3. The average Bonchev–Trinajstić information content (AvgIpc) is 2.79. The van der Waals surface area contributed by atoms with E-state index in [0.717, 1.165) is 19.5 Å². The highest BCUT2D eigenvalue weighted by molar-refractivity contribution is 7.89. The lowest BCUT2D eigenvalue weighted by Gasteiger charge is -2.27. The molecule has 0 aliphatic carbocycles. The summed E-state index contributed by atoms with van der Waals surface area (Å²) in [6.45, 7) is 2.76. The van der Waals surface area contributed by atoms with Crippen LogP contribution in [0.15, 0.2) is 0 Å². The highest BCUT2D eigenvalue weighted by atomic mass is 32.2. The van der Waals surface area contributed by atoms with E-state index in [9.17, 15) is 8.42 Å². The molecule has 0 spiro atoms. The van der Waals surface area contributed by atoms with Gasteiger partial charge in [0.25, 0.3) is 0 Å². The first-order chi connectivity index (χ1) is 7.64. The molecule has 16 heavy (non-hydrogen) atoms. The summed E-state index contributed by atoms with van der Waals surface area (Å²) in [4.78, 5) is 0. The monoisotopic (exact) mass is 248 g/mol. The number of aliphatic hydroxyl groups is 1. The Morgan fingerprint density at radius 2 is 1.94 bits per heavy atom. The lowest BCUT2D eigenvalue weighted by Crippen LogP contribution is -2.43. The highest BCUT2D eigenvalue weighted by Crippen LogP contribution is 2.24. The zero-order valence-electron chi connectivity index (χ0n) is 9.43. The van der Waals surface area contributed by atoms with E-state index in [4.69, 9.17) is 5.11 Å². The molecule has 0 radical (unpaired) electrons. The van der Waals surface area contributed by atoms with Gasteiger partial charge in [-0.3, -0.25) is 0 Å². The molecule has 0 aromatic carbocycles. The Bertz CT molecular complexity index is 325. The molecule has 0 bridgehead atoms. The van der Waals surface area contributed by atoms with Gasteiger partial charge < -0.3 is 10.4 Å². The molecule has 2 N–H and O–H groups in total. The minimum atomic E-state index is -3.12. The van der Waals surface area contributed by atoms with Crippen molar-refractivity contribution in [2.24, 2.45) is 5.92 Å². The number of hydrogen-bond donors (Lipinski definition) is 2. The van der Waals surface area contributed by atoms with Gasteiger partial charge in [0.2, 0.25) is 10.0 Å². The van der Waals surface area contributed by atoms with Gasteiger partial charge in [0, 0.05) is 19.7 Å². The van der Waals surface area contributed by atoms with Crippen molar-refractivity contribution in [1.82, 2.24) is 9.62 Å². The van der Waals surface area contributed by atoms with Crippen LogP contribution in [0.25, 0.3) is 0 Å². The van der Waals surface area contributed by atoms with Gasteiger partial charge in [-0.15, -0.1) is 0 Å². The molecule has 0 aromatic rings. The van der Waals surface area contributed by atoms with E-state index < -0.39 is 10.0 Å². The summed E-state index contributed by atoms with van der Waals surface area (Å²) >= 11 is 0. The molecule has 2 rings (SSSR count). The van der Waals surface area contributed by atoms with E-state index in [0.29, 0.717) is 25.9 Å². The fourth-order valence-electron chi connectivity index (χ4n) is 2.48. The smallest absolute Gasteiger partial charge is 0.217 e. The molecule has 0 aromatic heterocycles. The molecule has 2 aliphatic rings. The van der Waals surface area contributed by atoms with Crippen LogP contribution in [0.1, 0.15) is 19.3 Å². The predicted octanol–water partition coefficient (Wildman–Crippen LogP) is -0.618. The van der Waals surface area contributed by atoms with Gasteiger partial charge in [-0.25, -0.2) is 12.7 Å². The number of rotatable bonds is 3. The number of piperidine rings is 1. The molecule has 94 valence electrons. The highest BCUT2D eigenvalue weighted by Gasteiger charge is 2.36. The van der Waals surface area contributed by atoms with Gasteiger partial charge in [-0.1, -0.05) is 0 Å². The number of aliphatic hydroxyl groups excluding tert-OH is 1. The van der Waals surface area contributed by atoms with Gasteiger partial charge in [-0.05, 0) is 38.3 Å². The standard InChI is InChI=1S/C10H20N2O3S/c13-8-9-3-6-12(7-9)16(14,15)10-1-4-11-5-2-10/h9-11,13H,1-8H2. The number of sulfonamides is 1. The van der Waals surface area contributed by atoms with Crippen LogP contribution in [-0.2, 0) is 10.0 Å². The quantitative estimate of drug-likeness (QED) is 0.698. The van der Waals surface area contributed by atoms with Crippen LogP contribution < -0.4 is 5.32 Å². The minimum absolute atomic E-state index is 0.0955. The summed E-state index contributed by atoms with van der Waals surface area (Å²) in [6, 6.07) is 0. The molecule has 2 fully saturated rings. The lowest BCUT2D eigenvalue weighted by molar-refractivity contribution is 0.233. The molecular formula is C10H20N2O3S. The van der Waals surface area contributed by atoms with Crippen molar-refractivity contribution in [3.8, 4) is 0 Å². The van der Waals surface area contributed by atoms with Gasteiger partial charge >= 0.3 is 0 Å².